The first-order chi connectivity index (χ1) is 13.7. The number of anilines is 1. The maximum absolute atomic E-state index is 12.3. The molecule has 4 aromatic rings. The predicted molar refractivity (Wildman–Crippen MR) is 112 cm³/mol. The fourth-order valence-electron chi connectivity index (χ4n) is 3.79. The molecular weight excluding hydrogens is 368 g/mol. The summed E-state index contributed by atoms with van der Waals surface area (Å²) in [6, 6.07) is 19.7. The molecule has 0 saturated heterocycles. The van der Waals surface area contributed by atoms with Crippen molar-refractivity contribution in [3.05, 3.63) is 77.2 Å². The highest BCUT2D eigenvalue weighted by Gasteiger charge is 2.32. The Hall–Kier alpha value is -3.25. The minimum atomic E-state index is -0.440. The monoisotopic (exact) mass is 386 g/mol. The van der Waals surface area contributed by atoms with Crippen molar-refractivity contribution in [2.75, 3.05) is 4.90 Å². The molecule has 1 aliphatic rings. The largest absolute Gasteiger partial charge is 0.368 e. The zero-order valence-electron chi connectivity index (χ0n) is 15.1. The highest BCUT2D eigenvalue weighted by Crippen LogP contribution is 2.34. The zero-order chi connectivity index (χ0) is 19.1. The lowest BCUT2D eigenvalue weighted by Gasteiger charge is -2.36. The number of hydrogen-bond donors (Lipinski definition) is 1. The average molecular weight is 386 g/mol. The van der Waals surface area contributed by atoms with Gasteiger partial charge in [0.25, 0.3) is 0 Å². The fourth-order valence-corrected chi connectivity index (χ4v) is 4.45. The standard InChI is InChI=1S/C22H18N4OS/c23-20(27)18-12-14-6-1-2-7-15(14)13-26(18)22-16-8-3-4-9-17(16)24-21(25-22)19-10-5-11-28-19/h1-11,18H,12-13H2,(H2,23,27)/t18-/m0/s1. The van der Waals surface area contributed by atoms with Gasteiger partial charge in [-0.3, -0.25) is 4.79 Å². The summed E-state index contributed by atoms with van der Waals surface area (Å²) in [5.41, 5.74) is 9.03. The van der Waals surface area contributed by atoms with Gasteiger partial charge >= 0.3 is 0 Å². The van der Waals surface area contributed by atoms with E-state index in [0.717, 1.165) is 21.6 Å². The number of benzene rings is 2. The molecule has 28 heavy (non-hydrogen) atoms. The number of amides is 1. The number of rotatable bonds is 3. The van der Waals surface area contributed by atoms with Gasteiger partial charge in [0.15, 0.2) is 5.82 Å². The van der Waals surface area contributed by atoms with Crippen LogP contribution in [0.15, 0.2) is 66.0 Å². The average Bonchev–Trinajstić information content (AvgIpc) is 3.27. The molecule has 0 fully saturated rings. The highest BCUT2D eigenvalue weighted by molar-refractivity contribution is 7.13. The molecule has 2 aromatic carbocycles. The molecule has 6 heteroatoms. The number of carbonyl (C=O) groups excluding carboxylic acids is 1. The normalized spacial score (nSPS) is 16.1. The summed E-state index contributed by atoms with van der Waals surface area (Å²) in [6.07, 6.45) is 0.582. The highest BCUT2D eigenvalue weighted by atomic mass is 32.1. The number of nitrogens with zero attached hydrogens (tertiary/aromatic N) is 3. The minimum absolute atomic E-state index is 0.338. The molecule has 0 radical (unpaired) electrons. The van der Waals surface area contributed by atoms with Gasteiger partial charge in [0.1, 0.15) is 11.9 Å². The number of para-hydroxylation sites is 1. The van der Waals surface area contributed by atoms with Crippen LogP contribution in [0.2, 0.25) is 0 Å². The molecule has 5 nitrogen and oxygen atoms in total. The summed E-state index contributed by atoms with van der Waals surface area (Å²) in [5.74, 6) is 1.09. The fraction of sp³-hybridized carbons (Fsp3) is 0.136. The van der Waals surface area contributed by atoms with E-state index in [1.807, 2.05) is 58.8 Å². The van der Waals surface area contributed by atoms with Crippen LogP contribution in [0.25, 0.3) is 21.6 Å². The lowest BCUT2D eigenvalue weighted by atomic mass is 9.93. The Morgan fingerprint density at radius 2 is 1.79 bits per heavy atom. The number of hydrogen-bond acceptors (Lipinski definition) is 5. The van der Waals surface area contributed by atoms with Gasteiger partial charge in [-0.1, -0.05) is 42.5 Å². The first-order valence-electron chi connectivity index (χ1n) is 9.14. The van der Waals surface area contributed by atoms with E-state index in [0.29, 0.717) is 18.8 Å². The third-order valence-electron chi connectivity index (χ3n) is 5.17. The third-order valence-corrected chi connectivity index (χ3v) is 6.04. The van der Waals surface area contributed by atoms with Gasteiger partial charge in [0, 0.05) is 18.4 Å². The lowest BCUT2D eigenvalue weighted by Crippen LogP contribution is -2.49. The number of carbonyl (C=O) groups is 1. The van der Waals surface area contributed by atoms with Crippen LogP contribution in [-0.4, -0.2) is 21.9 Å². The molecule has 1 aliphatic heterocycles. The maximum atomic E-state index is 12.3. The van der Waals surface area contributed by atoms with E-state index >= 15 is 0 Å². The summed E-state index contributed by atoms with van der Waals surface area (Å²) in [7, 11) is 0. The Morgan fingerprint density at radius 3 is 2.57 bits per heavy atom. The molecule has 0 spiro atoms. The molecule has 2 N–H and O–H groups in total. The van der Waals surface area contributed by atoms with Crippen molar-refractivity contribution in [1.82, 2.24) is 9.97 Å². The van der Waals surface area contributed by atoms with Crippen LogP contribution in [0.3, 0.4) is 0 Å². The van der Waals surface area contributed by atoms with Crippen molar-refractivity contribution in [2.24, 2.45) is 5.73 Å². The van der Waals surface area contributed by atoms with E-state index < -0.39 is 6.04 Å². The zero-order valence-corrected chi connectivity index (χ0v) is 15.9. The van der Waals surface area contributed by atoms with Crippen LogP contribution in [0.4, 0.5) is 5.82 Å². The van der Waals surface area contributed by atoms with Crippen molar-refractivity contribution < 1.29 is 4.79 Å². The quantitative estimate of drug-likeness (QED) is 0.582. The van der Waals surface area contributed by atoms with Gasteiger partial charge in [-0.15, -0.1) is 11.3 Å². The Bertz CT molecular complexity index is 1170. The molecule has 2 aromatic heterocycles. The molecule has 1 atom stereocenters. The van der Waals surface area contributed by atoms with E-state index in [9.17, 15) is 4.79 Å². The molecule has 1 amide bonds. The summed E-state index contributed by atoms with van der Waals surface area (Å²) in [6.45, 7) is 0.592. The molecule has 0 saturated carbocycles. The number of fused-ring (bicyclic) bond motifs is 2. The molecule has 0 aliphatic carbocycles. The Morgan fingerprint density at radius 1 is 1.00 bits per heavy atom. The smallest absolute Gasteiger partial charge is 0.240 e. The van der Waals surface area contributed by atoms with Gasteiger partial charge in [-0.05, 0) is 34.7 Å². The summed E-state index contributed by atoms with van der Waals surface area (Å²) in [4.78, 5) is 25.0. The molecule has 0 unspecified atom stereocenters. The van der Waals surface area contributed by atoms with E-state index in [4.69, 9.17) is 15.7 Å². The van der Waals surface area contributed by atoms with E-state index in [-0.39, 0.29) is 5.91 Å². The van der Waals surface area contributed by atoms with Crippen molar-refractivity contribution in [2.45, 2.75) is 19.0 Å². The van der Waals surface area contributed by atoms with Crippen molar-refractivity contribution in [3.8, 4) is 10.7 Å². The molecule has 138 valence electrons. The Kier molecular flexibility index (Phi) is 4.06. The SMILES string of the molecule is NC(=O)[C@@H]1Cc2ccccc2CN1c1nc(-c2cccs2)nc2ccccc12. The van der Waals surface area contributed by atoms with Crippen LogP contribution in [0, 0.1) is 0 Å². The first-order valence-corrected chi connectivity index (χ1v) is 10.0. The summed E-state index contributed by atoms with van der Waals surface area (Å²) < 4.78 is 0. The molecule has 3 heterocycles. The van der Waals surface area contributed by atoms with Gasteiger partial charge in [-0.25, -0.2) is 9.97 Å². The van der Waals surface area contributed by atoms with Crippen molar-refractivity contribution in [3.63, 3.8) is 0 Å². The van der Waals surface area contributed by atoms with Gasteiger partial charge in [0.05, 0.1) is 10.4 Å². The van der Waals surface area contributed by atoms with Crippen molar-refractivity contribution in [1.29, 1.82) is 0 Å². The second kappa shape index (κ2) is 6.73. The Labute approximate surface area is 166 Å². The van der Waals surface area contributed by atoms with Crippen molar-refractivity contribution >= 4 is 34.0 Å². The lowest BCUT2D eigenvalue weighted by molar-refractivity contribution is -0.119. The van der Waals surface area contributed by atoms with Gasteiger partial charge in [-0.2, -0.15) is 0 Å². The second-order valence-corrected chi connectivity index (χ2v) is 7.83. The third kappa shape index (κ3) is 2.82. The molecular formula is C22H18N4OS. The summed E-state index contributed by atoms with van der Waals surface area (Å²) >= 11 is 1.60. The van der Waals surface area contributed by atoms with Crippen LogP contribution in [-0.2, 0) is 17.8 Å². The minimum Gasteiger partial charge on any atom is -0.368 e. The number of aromatic nitrogens is 2. The number of thiophene rings is 1. The van der Waals surface area contributed by atoms with Crippen LogP contribution < -0.4 is 10.6 Å². The van der Waals surface area contributed by atoms with E-state index in [1.165, 1.54) is 11.1 Å². The predicted octanol–water partition coefficient (Wildman–Crippen LogP) is 3.77. The van der Waals surface area contributed by atoms with Gasteiger partial charge < -0.3 is 10.6 Å². The van der Waals surface area contributed by atoms with E-state index in [1.54, 1.807) is 11.3 Å². The number of primary amides is 1. The topological polar surface area (TPSA) is 72.1 Å². The van der Waals surface area contributed by atoms with Crippen LogP contribution >= 0.6 is 11.3 Å². The van der Waals surface area contributed by atoms with Crippen LogP contribution in [0.5, 0.6) is 0 Å². The van der Waals surface area contributed by atoms with Crippen LogP contribution in [0.1, 0.15) is 11.1 Å². The van der Waals surface area contributed by atoms with E-state index in [2.05, 4.69) is 12.1 Å². The molecule has 5 rings (SSSR count). The maximum Gasteiger partial charge on any atom is 0.240 e. The summed E-state index contributed by atoms with van der Waals surface area (Å²) in [5, 5.41) is 2.94. The molecule has 0 bridgehead atoms. The number of nitrogens with two attached hydrogens (primary N) is 1. The Balaban J connectivity index is 1.72. The first kappa shape index (κ1) is 16.9. The second-order valence-electron chi connectivity index (χ2n) is 6.88. The van der Waals surface area contributed by atoms with Gasteiger partial charge in [0.2, 0.25) is 5.91 Å².